The van der Waals surface area contributed by atoms with E-state index in [1.807, 2.05) is 30.3 Å². The minimum atomic E-state index is -3.78. The topological polar surface area (TPSA) is 79.6 Å². The Balaban J connectivity index is 2.40. The number of rotatable bonds is 6. The van der Waals surface area contributed by atoms with E-state index < -0.39 is 16.0 Å². The lowest BCUT2D eigenvalue weighted by Crippen LogP contribution is -2.29. The lowest BCUT2D eigenvalue weighted by molar-refractivity contribution is 0.0685. The lowest BCUT2D eigenvalue weighted by atomic mass is 10.1. The van der Waals surface area contributed by atoms with Gasteiger partial charge in [0.1, 0.15) is 10.6 Å². The summed E-state index contributed by atoms with van der Waals surface area (Å²) < 4.78 is 28.2. The molecule has 2 aromatic rings. The first kappa shape index (κ1) is 17.2. The van der Waals surface area contributed by atoms with E-state index in [1.165, 1.54) is 28.2 Å². The van der Waals surface area contributed by atoms with Crippen LogP contribution in [0.15, 0.2) is 47.5 Å². The van der Waals surface area contributed by atoms with E-state index in [9.17, 15) is 18.3 Å². The van der Waals surface area contributed by atoms with Gasteiger partial charge in [0, 0.05) is 25.8 Å². The Morgan fingerprint density at radius 2 is 1.91 bits per heavy atom. The predicted octanol–water partition coefficient (Wildman–Crippen LogP) is 2.59. The fraction of sp³-hybridized carbons (Fsp3) is 0.312. The third-order valence-corrected chi connectivity index (χ3v) is 5.83. The van der Waals surface area contributed by atoms with Gasteiger partial charge in [0.15, 0.2) is 0 Å². The van der Waals surface area contributed by atoms with Crippen molar-refractivity contribution in [3.05, 3.63) is 53.9 Å². The minimum Gasteiger partial charge on any atom is -0.477 e. The van der Waals surface area contributed by atoms with Gasteiger partial charge < -0.3 is 9.67 Å². The number of aromatic nitrogens is 1. The molecule has 0 aliphatic rings. The zero-order valence-corrected chi connectivity index (χ0v) is 14.1. The Bertz CT molecular complexity index is 797. The fourth-order valence-electron chi connectivity index (χ4n) is 2.38. The zero-order valence-electron chi connectivity index (χ0n) is 13.3. The number of aryl methyl sites for hydroxylation is 1. The van der Waals surface area contributed by atoms with E-state index in [2.05, 4.69) is 0 Å². The molecular formula is C16H20N2O4S. The number of sulfonamides is 1. The Kier molecular flexibility index (Phi) is 4.91. The van der Waals surface area contributed by atoms with Gasteiger partial charge in [-0.15, -0.1) is 0 Å². The summed E-state index contributed by atoms with van der Waals surface area (Å²) in [5.41, 5.74) is 0.832. The highest BCUT2D eigenvalue weighted by atomic mass is 32.2. The van der Waals surface area contributed by atoms with Crippen molar-refractivity contribution in [1.29, 1.82) is 0 Å². The quantitative estimate of drug-likeness (QED) is 0.879. The maximum atomic E-state index is 12.8. The van der Waals surface area contributed by atoms with Crippen LogP contribution in [0.25, 0.3) is 0 Å². The molecule has 6 nitrogen and oxygen atoms in total. The number of hydrogen-bond acceptors (Lipinski definition) is 3. The minimum absolute atomic E-state index is 0.0120. The summed E-state index contributed by atoms with van der Waals surface area (Å²) in [5, 5.41) is 9.17. The van der Waals surface area contributed by atoms with Crippen molar-refractivity contribution in [2.45, 2.75) is 31.3 Å². The van der Waals surface area contributed by atoms with Crippen LogP contribution in [0.3, 0.4) is 0 Å². The molecular weight excluding hydrogens is 316 g/mol. The maximum absolute atomic E-state index is 12.8. The van der Waals surface area contributed by atoms with E-state index in [1.54, 1.807) is 13.8 Å². The molecule has 1 heterocycles. The van der Waals surface area contributed by atoms with Crippen molar-refractivity contribution in [1.82, 2.24) is 8.87 Å². The molecule has 0 aliphatic heterocycles. The summed E-state index contributed by atoms with van der Waals surface area (Å²) >= 11 is 0. The Hall–Kier alpha value is -2.12. The predicted molar refractivity (Wildman–Crippen MR) is 86.9 cm³/mol. The van der Waals surface area contributed by atoms with Gasteiger partial charge in [-0.1, -0.05) is 30.3 Å². The van der Waals surface area contributed by atoms with Crippen LogP contribution in [-0.4, -0.2) is 35.4 Å². The lowest BCUT2D eigenvalue weighted by Gasteiger charge is -2.24. The molecule has 1 atom stereocenters. The van der Waals surface area contributed by atoms with Crippen molar-refractivity contribution >= 4 is 16.0 Å². The molecule has 0 saturated heterocycles. The number of benzene rings is 1. The number of hydrogen-bond donors (Lipinski definition) is 1. The molecule has 0 radical (unpaired) electrons. The molecule has 1 aromatic carbocycles. The van der Waals surface area contributed by atoms with Crippen LogP contribution in [-0.2, 0) is 16.6 Å². The maximum Gasteiger partial charge on any atom is 0.352 e. The first-order valence-corrected chi connectivity index (χ1v) is 8.69. The van der Waals surface area contributed by atoms with E-state index in [-0.39, 0.29) is 16.6 Å². The monoisotopic (exact) mass is 336 g/mol. The Labute approximate surface area is 136 Å². The van der Waals surface area contributed by atoms with E-state index in [0.717, 1.165) is 5.56 Å². The van der Waals surface area contributed by atoms with Crippen molar-refractivity contribution in [3.8, 4) is 0 Å². The van der Waals surface area contributed by atoms with Crippen molar-refractivity contribution < 1.29 is 18.3 Å². The summed E-state index contributed by atoms with van der Waals surface area (Å²) in [7, 11) is -2.29. The summed E-state index contributed by atoms with van der Waals surface area (Å²) in [4.78, 5) is 11.2. The van der Waals surface area contributed by atoms with Crippen LogP contribution < -0.4 is 0 Å². The van der Waals surface area contributed by atoms with Crippen LogP contribution in [0.4, 0.5) is 0 Å². The smallest absolute Gasteiger partial charge is 0.352 e. The average Bonchev–Trinajstić information content (AvgIpc) is 2.99. The summed E-state index contributed by atoms with van der Waals surface area (Å²) in [6, 6.07) is 10.1. The normalized spacial score (nSPS) is 13.2. The highest BCUT2D eigenvalue weighted by Gasteiger charge is 2.29. The van der Waals surface area contributed by atoms with Crippen molar-refractivity contribution in [2.75, 3.05) is 7.05 Å². The standard InChI is InChI=1S/C16H20N2O4S/c1-4-18-11-14(10-15(18)16(19)20)23(21,22)17(3)12(2)13-8-6-5-7-9-13/h5-12H,4H2,1-3H3,(H,19,20). The summed E-state index contributed by atoms with van der Waals surface area (Å²) in [6.45, 7) is 3.94. The second kappa shape index (κ2) is 6.55. The molecule has 0 aliphatic carbocycles. The van der Waals surface area contributed by atoms with Gasteiger partial charge in [-0.2, -0.15) is 4.31 Å². The first-order chi connectivity index (χ1) is 10.8. The van der Waals surface area contributed by atoms with Gasteiger partial charge in [0.2, 0.25) is 10.0 Å². The highest BCUT2D eigenvalue weighted by Crippen LogP contribution is 2.26. The first-order valence-electron chi connectivity index (χ1n) is 7.25. The fourth-order valence-corrected chi connectivity index (χ4v) is 3.77. The van der Waals surface area contributed by atoms with Gasteiger partial charge in [-0.25, -0.2) is 13.2 Å². The van der Waals surface area contributed by atoms with E-state index in [4.69, 9.17) is 0 Å². The van der Waals surface area contributed by atoms with Crippen molar-refractivity contribution in [3.63, 3.8) is 0 Å². The molecule has 1 unspecified atom stereocenters. The molecule has 0 spiro atoms. The Morgan fingerprint density at radius 3 is 2.39 bits per heavy atom. The number of aromatic carboxylic acids is 1. The Morgan fingerprint density at radius 1 is 1.30 bits per heavy atom. The number of carbonyl (C=O) groups is 1. The molecule has 0 amide bonds. The largest absolute Gasteiger partial charge is 0.477 e. The average molecular weight is 336 g/mol. The molecule has 0 saturated carbocycles. The van der Waals surface area contributed by atoms with Gasteiger partial charge in [0.25, 0.3) is 0 Å². The molecule has 7 heteroatoms. The number of nitrogens with zero attached hydrogens (tertiary/aromatic N) is 2. The zero-order chi connectivity index (χ0) is 17.2. The third-order valence-electron chi connectivity index (χ3n) is 3.94. The number of carboxylic acids is 1. The van der Waals surface area contributed by atoms with Gasteiger partial charge in [0.05, 0.1) is 0 Å². The van der Waals surface area contributed by atoms with Crippen LogP contribution in [0.2, 0.25) is 0 Å². The molecule has 2 rings (SSSR count). The van der Waals surface area contributed by atoms with Gasteiger partial charge in [-0.05, 0) is 25.5 Å². The molecule has 0 fully saturated rings. The molecule has 1 N–H and O–H groups in total. The van der Waals surface area contributed by atoms with Gasteiger partial charge >= 0.3 is 5.97 Å². The number of carboxylic acid groups (broad SMARTS) is 1. The van der Waals surface area contributed by atoms with Crippen molar-refractivity contribution in [2.24, 2.45) is 0 Å². The van der Waals surface area contributed by atoms with E-state index in [0.29, 0.717) is 6.54 Å². The van der Waals surface area contributed by atoms with Crippen LogP contribution in [0.5, 0.6) is 0 Å². The van der Waals surface area contributed by atoms with Crippen LogP contribution in [0, 0.1) is 0 Å². The van der Waals surface area contributed by atoms with Crippen LogP contribution in [0.1, 0.15) is 35.9 Å². The molecule has 0 bridgehead atoms. The third kappa shape index (κ3) is 3.30. The summed E-state index contributed by atoms with van der Waals surface area (Å²) in [6.07, 6.45) is 1.37. The SMILES string of the molecule is CCn1cc(S(=O)(=O)N(C)C(C)c2ccccc2)cc1C(=O)O. The second-order valence-corrected chi connectivity index (χ2v) is 7.26. The highest BCUT2D eigenvalue weighted by molar-refractivity contribution is 7.89. The second-order valence-electron chi connectivity index (χ2n) is 5.26. The molecule has 124 valence electrons. The van der Waals surface area contributed by atoms with Crippen LogP contribution >= 0.6 is 0 Å². The van der Waals surface area contributed by atoms with E-state index >= 15 is 0 Å². The summed E-state index contributed by atoms with van der Waals surface area (Å²) in [5.74, 6) is -1.15. The molecule has 1 aromatic heterocycles. The van der Waals surface area contributed by atoms with Gasteiger partial charge in [-0.3, -0.25) is 0 Å². The molecule has 23 heavy (non-hydrogen) atoms.